The molecular formula is C36H33NO2. The van der Waals surface area contributed by atoms with Crippen LogP contribution < -0.4 is 14.4 Å². The summed E-state index contributed by atoms with van der Waals surface area (Å²) < 4.78 is 10.8. The molecule has 0 radical (unpaired) electrons. The average molecular weight is 512 g/mol. The zero-order valence-electron chi connectivity index (χ0n) is 22.9. The van der Waals surface area contributed by atoms with E-state index < -0.39 is 0 Å². The van der Waals surface area contributed by atoms with Crippen LogP contribution in [0.4, 0.5) is 17.1 Å². The highest BCUT2D eigenvalue weighted by Crippen LogP contribution is 2.37. The topological polar surface area (TPSA) is 21.7 Å². The molecule has 194 valence electrons. The maximum absolute atomic E-state index is 5.39. The van der Waals surface area contributed by atoms with Gasteiger partial charge in [-0.1, -0.05) is 60.7 Å². The second-order valence-corrected chi connectivity index (χ2v) is 9.55. The second-order valence-electron chi connectivity index (χ2n) is 9.55. The number of aryl methyl sites for hydroxylation is 2. The van der Waals surface area contributed by atoms with E-state index in [1.165, 1.54) is 27.8 Å². The number of rotatable bonds is 8. The minimum absolute atomic E-state index is 0.827. The van der Waals surface area contributed by atoms with Gasteiger partial charge in [0.25, 0.3) is 0 Å². The third-order valence-electron chi connectivity index (χ3n) is 7.03. The Kier molecular flexibility index (Phi) is 7.79. The lowest BCUT2D eigenvalue weighted by Gasteiger charge is -2.26. The van der Waals surface area contributed by atoms with Gasteiger partial charge in [0.15, 0.2) is 0 Å². The molecule has 0 aliphatic rings. The second kappa shape index (κ2) is 11.7. The van der Waals surface area contributed by atoms with Crippen LogP contribution in [0.2, 0.25) is 0 Å². The first kappa shape index (κ1) is 25.9. The first-order chi connectivity index (χ1) is 19.1. The third kappa shape index (κ3) is 5.89. The predicted octanol–water partition coefficient (Wildman–Crippen LogP) is 9.38. The molecule has 0 fully saturated rings. The van der Waals surface area contributed by atoms with Crippen LogP contribution in [0.5, 0.6) is 11.5 Å². The van der Waals surface area contributed by atoms with E-state index in [0.29, 0.717) is 0 Å². The molecule has 3 nitrogen and oxygen atoms in total. The standard InChI is InChI=1S/C36H33NO2/c1-26-10-13-30(24-27(26)2)36(29-8-6-5-7-9-29)25-28-11-14-31(15-12-28)37(32-16-20-34(38-3)21-17-32)33-18-22-35(39-4)23-19-33/h5-25H,1-4H3. The molecule has 0 bridgehead atoms. The molecule has 0 aromatic heterocycles. The molecule has 0 spiro atoms. The quantitative estimate of drug-likeness (QED) is 0.194. The Morgan fingerprint density at radius 1 is 0.538 bits per heavy atom. The van der Waals surface area contributed by atoms with Crippen molar-refractivity contribution in [3.8, 4) is 11.5 Å². The van der Waals surface area contributed by atoms with Crippen LogP contribution in [0.3, 0.4) is 0 Å². The zero-order chi connectivity index (χ0) is 27.2. The van der Waals surface area contributed by atoms with Crippen molar-refractivity contribution in [1.82, 2.24) is 0 Å². The van der Waals surface area contributed by atoms with Gasteiger partial charge in [-0.2, -0.15) is 0 Å². The minimum atomic E-state index is 0.827. The number of nitrogens with zero attached hydrogens (tertiary/aromatic N) is 1. The highest BCUT2D eigenvalue weighted by atomic mass is 16.5. The first-order valence-corrected chi connectivity index (χ1v) is 13.1. The molecule has 0 atom stereocenters. The van der Waals surface area contributed by atoms with Gasteiger partial charge in [0.05, 0.1) is 14.2 Å². The molecule has 0 aliphatic carbocycles. The maximum Gasteiger partial charge on any atom is 0.119 e. The Bertz CT molecular complexity index is 1500. The molecule has 5 aromatic carbocycles. The van der Waals surface area contributed by atoms with Crippen LogP contribution in [-0.2, 0) is 0 Å². The van der Waals surface area contributed by atoms with Crippen LogP contribution in [-0.4, -0.2) is 14.2 Å². The molecule has 5 rings (SSSR count). The summed E-state index contributed by atoms with van der Waals surface area (Å²) in [6.07, 6.45) is 2.27. The summed E-state index contributed by atoms with van der Waals surface area (Å²) in [7, 11) is 3.37. The maximum atomic E-state index is 5.39. The number of benzene rings is 5. The predicted molar refractivity (Wildman–Crippen MR) is 164 cm³/mol. The number of hydrogen-bond acceptors (Lipinski definition) is 3. The van der Waals surface area contributed by atoms with Crippen LogP contribution in [0.15, 0.2) is 121 Å². The molecule has 0 unspecified atom stereocenters. The summed E-state index contributed by atoms with van der Waals surface area (Å²) in [5, 5.41) is 0. The molecular weight excluding hydrogens is 478 g/mol. The van der Waals surface area contributed by atoms with Gasteiger partial charge in [-0.05, 0) is 114 Å². The normalized spacial score (nSPS) is 11.2. The van der Waals surface area contributed by atoms with Crippen molar-refractivity contribution in [3.05, 3.63) is 149 Å². The van der Waals surface area contributed by atoms with E-state index in [0.717, 1.165) is 34.1 Å². The van der Waals surface area contributed by atoms with Crippen molar-refractivity contribution in [2.45, 2.75) is 13.8 Å². The van der Waals surface area contributed by atoms with E-state index in [2.05, 4.69) is 122 Å². The lowest BCUT2D eigenvalue weighted by atomic mass is 9.93. The molecule has 0 saturated carbocycles. The first-order valence-electron chi connectivity index (χ1n) is 13.1. The largest absolute Gasteiger partial charge is 0.497 e. The summed E-state index contributed by atoms with van der Waals surface area (Å²) in [5.41, 5.74) is 10.5. The molecule has 0 saturated heterocycles. The SMILES string of the molecule is COc1ccc(N(c2ccc(C=C(c3ccccc3)c3ccc(C)c(C)c3)cc2)c2ccc(OC)cc2)cc1. The van der Waals surface area contributed by atoms with Gasteiger partial charge in [-0.15, -0.1) is 0 Å². The van der Waals surface area contributed by atoms with Gasteiger partial charge in [-0.25, -0.2) is 0 Å². The van der Waals surface area contributed by atoms with E-state index in [9.17, 15) is 0 Å². The van der Waals surface area contributed by atoms with Crippen molar-refractivity contribution in [1.29, 1.82) is 0 Å². The summed E-state index contributed by atoms with van der Waals surface area (Å²) in [6.45, 7) is 4.32. The fourth-order valence-corrected chi connectivity index (χ4v) is 4.66. The van der Waals surface area contributed by atoms with E-state index in [1.807, 2.05) is 24.3 Å². The highest BCUT2D eigenvalue weighted by molar-refractivity contribution is 5.92. The van der Waals surface area contributed by atoms with Crippen molar-refractivity contribution in [3.63, 3.8) is 0 Å². The van der Waals surface area contributed by atoms with Crippen LogP contribution in [0.25, 0.3) is 11.6 Å². The fourth-order valence-electron chi connectivity index (χ4n) is 4.66. The Hall–Kier alpha value is -4.76. The summed E-state index contributed by atoms with van der Waals surface area (Å²) in [6, 6.07) is 42.2. The van der Waals surface area contributed by atoms with E-state index >= 15 is 0 Å². The average Bonchev–Trinajstić information content (AvgIpc) is 2.99. The number of ether oxygens (including phenoxy) is 2. The van der Waals surface area contributed by atoms with Gasteiger partial charge in [-0.3, -0.25) is 0 Å². The molecule has 39 heavy (non-hydrogen) atoms. The summed E-state index contributed by atoms with van der Waals surface area (Å²) in [4.78, 5) is 2.23. The zero-order valence-corrected chi connectivity index (χ0v) is 22.9. The Labute approximate surface area is 231 Å². The van der Waals surface area contributed by atoms with E-state index in [1.54, 1.807) is 14.2 Å². The molecule has 0 N–H and O–H groups in total. The number of methoxy groups -OCH3 is 2. The molecule has 5 aromatic rings. The van der Waals surface area contributed by atoms with E-state index in [-0.39, 0.29) is 0 Å². The molecule has 0 heterocycles. The van der Waals surface area contributed by atoms with Gasteiger partial charge in [0.2, 0.25) is 0 Å². The van der Waals surface area contributed by atoms with Crippen molar-refractivity contribution >= 4 is 28.7 Å². The fraction of sp³-hybridized carbons (Fsp3) is 0.111. The van der Waals surface area contributed by atoms with Crippen molar-refractivity contribution < 1.29 is 9.47 Å². The molecule has 0 amide bonds. The smallest absolute Gasteiger partial charge is 0.119 e. The van der Waals surface area contributed by atoms with Gasteiger partial charge in [0.1, 0.15) is 11.5 Å². The molecule has 3 heteroatoms. The monoisotopic (exact) mass is 511 g/mol. The minimum Gasteiger partial charge on any atom is -0.497 e. The lowest BCUT2D eigenvalue weighted by molar-refractivity contribution is 0.415. The van der Waals surface area contributed by atoms with Crippen molar-refractivity contribution in [2.24, 2.45) is 0 Å². The van der Waals surface area contributed by atoms with Gasteiger partial charge < -0.3 is 14.4 Å². The van der Waals surface area contributed by atoms with Gasteiger partial charge in [0, 0.05) is 17.1 Å². The Balaban J connectivity index is 1.55. The van der Waals surface area contributed by atoms with Crippen LogP contribution in [0, 0.1) is 13.8 Å². The highest BCUT2D eigenvalue weighted by Gasteiger charge is 2.13. The third-order valence-corrected chi connectivity index (χ3v) is 7.03. The van der Waals surface area contributed by atoms with Gasteiger partial charge >= 0.3 is 0 Å². The van der Waals surface area contributed by atoms with Crippen LogP contribution >= 0.6 is 0 Å². The van der Waals surface area contributed by atoms with Crippen LogP contribution in [0.1, 0.15) is 27.8 Å². The number of hydrogen-bond donors (Lipinski definition) is 0. The summed E-state index contributed by atoms with van der Waals surface area (Å²) in [5.74, 6) is 1.65. The lowest BCUT2D eigenvalue weighted by Crippen LogP contribution is -2.09. The van der Waals surface area contributed by atoms with E-state index in [4.69, 9.17) is 9.47 Å². The van der Waals surface area contributed by atoms with Crippen molar-refractivity contribution in [2.75, 3.05) is 19.1 Å². The Morgan fingerprint density at radius 3 is 1.54 bits per heavy atom. The Morgan fingerprint density at radius 2 is 1.05 bits per heavy atom. The number of anilines is 3. The summed E-state index contributed by atoms with van der Waals surface area (Å²) >= 11 is 0. The molecule has 0 aliphatic heterocycles.